The highest BCUT2D eigenvalue weighted by atomic mass is 16.3. The molecule has 1 aliphatic rings. The van der Waals surface area contributed by atoms with E-state index in [2.05, 4.69) is 15.7 Å². The molecule has 2 N–H and O–H groups in total. The van der Waals surface area contributed by atoms with Crippen molar-refractivity contribution in [3.63, 3.8) is 0 Å². The Morgan fingerprint density at radius 2 is 1.69 bits per heavy atom. The smallest absolute Gasteiger partial charge is 0.274 e. The molecule has 0 bridgehead atoms. The maximum atomic E-state index is 13.1. The number of benzene rings is 2. The molecule has 0 atom stereocenters. The van der Waals surface area contributed by atoms with Crippen molar-refractivity contribution in [2.24, 2.45) is 0 Å². The molecule has 5 rings (SSSR count). The third kappa shape index (κ3) is 4.16. The van der Waals surface area contributed by atoms with E-state index in [-0.39, 0.29) is 29.2 Å². The van der Waals surface area contributed by atoms with E-state index < -0.39 is 23.6 Å². The standard InChI is InChI=1S/C26H21N5O5/c1-2-30-15-21(22(29-30)24(33)27-14-18-9-6-12-36-18)28-23(32)16-7-5-8-17(13-16)31-25(34)19-10-3-4-11-20(19)26(31)35/h3-13,15H,2,14H2,1H3,(H,27,33)(H,28,32). The molecule has 2 aromatic heterocycles. The quantitative estimate of drug-likeness (QED) is 0.388. The van der Waals surface area contributed by atoms with Crippen LogP contribution < -0.4 is 15.5 Å². The second-order valence-electron chi connectivity index (χ2n) is 8.00. The van der Waals surface area contributed by atoms with Crippen LogP contribution in [-0.2, 0) is 13.1 Å². The van der Waals surface area contributed by atoms with Crippen LogP contribution in [-0.4, -0.2) is 33.4 Å². The summed E-state index contributed by atoms with van der Waals surface area (Å²) in [5.74, 6) is -1.33. The third-order valence-corrected chi connectivity index (χ3v) is 5.71. The molecular formula is C26H21N5O5. The predicted octanol–water partition coefficient (Wildman–Crippen LogP) is 3.48. The first kappa shape index (κ1) is 22.8. The lowest BCUT2D eigenvalue weighted by Gasteiger charge is -2.15. The van der Waals surface area contributed by atoms with Crippen molar-refractivity contribution in [2.45, 2.75) is 20.0 Å². The van der Waals surface area contributed by atoms with Crippen LogP contribution in [0.4, 0.5) is 11.4 Å². The van der Waals surface area contributed by atoms with E-state index in [0.29, 0.717) is 23.4 Å². The summed E-state index contributed by atoms with van der Waals surface area (Å²) in [5, 5.41) is 9.69. The number of carbonyl (C=O) groups is 4. The van der Waals surface area contributed by atoms with Gasteiger partial charge in [-0.1, -0.05) is 18.2 Å². The Hall–Kier alpha value is -4.99. The van der Waals surface area contributed by atoms with E-state index >= 15 is 0 Å². The number of carbonyl (C=O) groups excluding carboxylic acids is 4. The van der Waals surface area contributed by atoms with Crippen LogP contribution in [0, 0.1) is 0 Å². The number of fused-ring (bicyclic) bond motifs is 1. The predicted molar refractivity (Wildman–Crippen MR) is 130 cm³/mol. The molecule has 0 fully saturated rings. The molecule has 0 unspecified atom stereocenters. The van der Waals surface area contributed by atoms with Gasteiger partial charge in [-0.3, -0.25) is 23.9 Å². The number of amides is 4. The van der Waals surface area contributed by atoms with E-state index in [1.54, 1.807) is 60.8 Å². The highest BCUT2D eigenvalue weighted by Gasteiger charge is 2.36. The molecule has 0 radical (unpaired) electrons. The van der Waals surface area contributed by atoms with Gasteiger partial charge >= 0.3 is 0 Å². The van der Waals surface area contributed by atoms with Crippen LogP contribution in [0.2, 0.25) is 0 Å². The number of imide groups is 1. The SMILES string of the molecule is CCn1cc(NC(=O)c2cccc(N3C(=O)c4ccccc4C3=O)c2)c(C(=O)NCc2ccco2)n1. The minimum Gasteiger partial charge on any atom is -0.467 e. The molecule has 4 amide bonds. The Morgan fingerprint density at radius 3 is 2.36 bits per heavy atom. The van der Waals surface area contributed by atoms with Gasteiger partial charge in [0.25, 0.3) is 23.6 Å². The topological polar surface area (TPSA) is 127 Å². The first-order chi connectivity index (χ1) is 17.5. The summed E-state index contributed by atoms with van der Waals surface area (Å²) < 4.78 is 6.76. The molecule has 1 aliphatic heterocycles. The summed E-state index contributed by atoms with van der Waals surface area (Å²) in [4.78, 5) is 52.5. The average Bonchev–Trinajstić information content (AvgIpc) is 3.62. The normalized spacial score (nSPS) is 12.5. The van der Waals surface area contributed by atoms with Gasteiger partial charge in [0.2, 0.25) is 0 Å². The molecule has 3 heterocycles. The molecule has 0 saturated heterocycles. The number of aryl methyl sites for hydroxylation is 1. The molecule has 4 aromatic rings. The molecule has 0 aliphatic carbocycles. The van der Waals surface area contributed by atoms with Gasteiger partial charge in [0.1, 0.15) is 5.76 Å². The monoisotopic (exact) mass is 483 g/mol. The van der Waals surface area contributed by atoms with Crippen LogP contribution in [0.5, 0.6) is 0 Å². The number of rotatable bonds is 7. The van der Waals surface area contributed by atoms with Gasteiger partial charge in [0, 0.05) is 18.3 Å². The maximum Gasteiger partial charge on any atom is 0.274 e. The summed E-state index contributed by atoms with van der Waals surface area (Å²) in [7, 11) is 0. The Balaban J connectivity index is 1.36. The zero-order valence-electron chi connectivity index (χ0n) is 19.2. The molecular weight excluding hydrogens is 462 g/mol. The molecule has 0 spiro atoms. The molecule has 10 nitrogen and oxygen atoms in total. The van der Waals surface area contributed by atoms with Gasteiger partial charge in [-0.15, -0.1) is 0 Å². The van der Waals surface area contributed by atoms with Crippen LogP contribution in [0.1, 0.15) is 54.2 Å². The second-order valence-corrected chi connectivity index (χ2v) is 8.00. The first-order valence-corrected chi connectivity index (χ1v) is 11.2. The van der Waals surface area contributed by atoms with Crippen molar-refractivity contribution in [3.05, 3.63) is 101 Å². The zero-order chi connectivity index (χ0) is 25.2. The number of hydrogen-bond donors (Lipinski definition) is 2. The van der Waals surface area contributed by atoms with Crippen LogP contribution in [0.25, 0.3) is 0 Å². The highest BCUT2D eigenvalue weighted by Crippen LogP contribution is 2.29. The van der Waals surface area contributed by atoms with Gasteiger partial charge in [-0.05, 0) is 49.4 Å². The van der Waals surface area contributed by atoms with Crippen LogP contribution in [0.3, 0.4) is 0 Å². The lowest BCUT2D eigenvalue weighted by Crippen LogP contribution is -2.29. The largest absolute Gasteiger partial charge is 0.467 e. The zero-order valence-corrected chi connectivity index (χ0v) is 19.2. The molecule has 10 heteroatoms. The third-order valence-electron chi connectivity index (χ3n) is 5.71. The van der Waals surface area contributed by atoms with Crippen molar-refractivity contribution < 1.29 is 23.6 Å². The summed E-state index contributed by atoms with van der Waals surface area (Å²) >= 11 is 0. The van der Waals surface area contributed by atoms with Gasteiger partial charge in [0.05, 0.1) is 35.3 Å². The number of furan rings is 1. The van der Waals surface area contributed by atoms with E-state index in [0.717, 1.165) is 4.90 Å². The highest BCUT2D eigenvalue weighted by molar-refractivity contribution is 6.34. The van der Waals surface area contributed by atoms with Gasteiger partial charge in [-0.25, -0.2) is 4.90 Å². The Kier molecular flexibility index (Phi) is 5.91. The lowest BCUT2D eigenvalue weighted by atomic mass is 10.1. The van der Waals surface area contributed by atoms with Gasteiger partial charge in [0.15, 0.2) is 5.69 Å². The number of nitrogens with zero attached hydrogens (tertiary/aromatic N) is 3. The van der Waals surface area contributed by atoms with Crippen molar-refractivity contribution in [1.82, 2.24) is 15.1 Å². The fourth-order valence-electron chi connectivity index (χ4n) is 3.91. The molecule has 36 heavy (non-hydrogen) atoms. The fraction of sp³-hybridized carbons (Fsp3) is 0.115. The Labute approximate surface area is 205 Å². The summed E-state index contributed by atoms with van der Waals surface area (Å²) in [6.07, 6.45) is 3.07. The van der Waals surface area contributed by atoms with E-state index in [1.807, 2.05) is 6.92 Å². The van der Waals surface area contributed by atoms with E-state index in [9.17, 15) is 19.2 Å². The summed E-state index contributed by atoms with van der Waals surface area (Å²) in [6.45, 7) is 2.51. The van der Waals surface area contributed by atoms with Crippen molar-refractivity contribution in [2.75, 3.05) is 10.2 Å². The number of aromatic nitrogens is 2. The first-order valence-electron chi connectivity index (χ1n) is 11.2. The Morgan fingerprint density at radius 1 is 0.944 bits per heavy atom. The van der Waals surface area contributed by atoms with Crippen LogP contribution in [0.15, 0.2) is 77.5 Å². The van der Waals surface area contributed by atoms with E-state index in [1.165, 1.54) is 17.0 Å². The molecule has 0 saturated carbocycles. The van der Waals surface area contributed by atoms with Gasteiger partial charge in [-0.2, -0.15) is 5.10 Å². The second kappa shape index (κ2) is 9.34. The number of hydrogen-bond acceptors (Lipinski definition) is 6. The van der Waals surface area contributed by atoms with E-state index in [4.69, 9.17) is 4.42 Å². The van der Waals surface area contributed by atoms with Crippen molar-refractivity contribution >= 4 is 35.0 Å². The molecule has 2 aromatic carbocycles. The van der Waals surface area contributed by atoms with Crippen LogP contribution >= 0.6 is 0 Å². The lowest BCUT2D eigenvalue weighted by molar-refractivity contribution is 0.0919. The number of anilines is 2. The summed E-state index contributed by atoms with van der Waals surface area (Å²) in [6, 6.07) is 16.2. The fourth-order valence-corrected chi connectivity index (χ4v) is 3.91. The molecule has 180 valence electrons. The average molecular weight is 483 g/mol. The minimum absolute atomic E-state index is 0.0493. The minimum atomic E-state index is -0.524. The summed E-state index contributed by atoms with van der Waals surface area (Å²) in [5.41, 5.74) is 1.38. The van der Waals surface area contributed by atoms with Crippen molar-refractivity contribution in [3.8, 4) is 0 Å². The Bertz CT molecular complexity index is 1450. The van der Waals surface area contributed by atoms with Crippen molar-refractivity contribution in [1.29, 1.82) is 0 Å². The number of nitrogens with one attached hydrogen (secondary N) is 2. The maximum absolute atomic E-state index is 13.1. The van der Waals surface area contributed by atoms with Gasteiger partial charge < -0.3 is 15.1 Å².